The Labute approximate surface area is 170 Å². The molecule has 0 atom stereocenters. The highest BCUT2D eigenvalue weighted by molar-refractivity contribution is 5.96. The number of pyridine rings is 1. The lowest BCUT2D eigenvalue weighted by Crippen LogP contribution is -2.23. The Bertz CT molecular complexity index is 1150. The van der Waals surface area contributed by atoms with Crippen LogP contribution in [0.2, 0.25) is 0 Å². The number of benzene rings is 2. The van der Waals surface area contributed by atoms with Gasteiger partial charge in [0.15, 0.2) is 0 Å². The summed E-state index contributed by atoms with van der Waals surface area (Å²) in [6, 6.07) is 19.4. The highest BCUT2D eigenvalue weighted by Gasteiger charge is 2.13. The van der Waals surface area contributed by atoms with E-state index in [1.165, 1.54) is 5.56 Å². The zero-order valence-electron chi connectivity index (χ0n) is 16.6. The van der Waals surface area contributed by atoms with Gasteiger partial charge in [-0.3, -0.25) is 4.79 Å². The van der Waals surface area contributed by atoms with Gasteiger partial charge in [-0.2, -0.15) is 0 Å². The van der Waals surface area contributed by atoms with Gasteiger partial charge >= 0.3 is 0 Å². The lowest BCUT2D eigenvalue weighted by atomic mass is 10.1. The summed E-state index contributed by atoms with van der Waals surface area (Å²) in [5, 5.41) is 2.96. The minimum atomic E-state index is -0.160. The summed E-state index contributed by atoms with van der Waals surface area (Å²) in [7, 11) is 0. The molecule has 4 aromatic rings. The largest absolute Gasteiger partial charge is 0.486 e. The minimum absolute atomic E-state index is 0.160. The van der Waals surface area contributed by atoms with Crippen molar-refractivity contribution in [1.82, 2.24) is 14.7 Å². The van der Waals surface area contributed by atoms with E-state index in [0.717, 1.165) is 22.5 Å². The van der Waals surface area contributed by atoms with Crippen molar-refractivity contribution in [2.24, 2.45) is 0 Å². The summed E-state index contributed by atoms with van der Waals surface area (Å²) in [4.78, 5) is 17.3. The maximum absolute atomic E-state index is 12.7. The van der Waals surface area contributed by atoms with Gasteiger partial charge < -0.3 is 14.5 Å². The third kappa shape index (κ3) is 4.29. The van der Waals surface area contributed by atoms with Crippen LogP contribution in [0.5, 0.6) is 5.75 Å². The smallest absolute Gasteiger partial charge is 0.255 e. The normalized spacial score (nSPS) is 10.8. The van der Waals surface area contributed by atoms with Crippen molar-refractivity contribution >= 4 is 11.6 Å². The summed E-state index contributed by atoms with van der Waals surface area (Å²) >= 11 is 0. The van der Waals surface area contributed by atoms with E-state index in [1.54, 1.807) is 6.07 Å². The molecule has 5 heteroatoms. The van der Waals surface area contributed by atoms with Crippen LogP contribution < -0.4 is 10.1 Å². The van der Waals surface area contributed by atoms with Gasteiger partial charge in [0.2, 0.25) is 0 Å². The van der Waals surface area contributed by atoms with Gasteiger partial charge in [-0.15, -0.1) is 0 Å². The van der Waals surface area contributed by atoms with E-state index in [4.69, 9.17) is 4.74 Å². The number of amides is 1. The SMILES string of the molecule is Cc1ccc(CNC(=O)c2ccccc2OCc2cn3cccc(C)c3n2)cc1. The molecule has 0 saturated carbocycles. The third-order valence-corrected chi connectivity index (χ3v) is 4.81. The predicted molar refractivity (Wildman–Crippen MR) is 113 cm³/mol. The first-order chi connectivity index (χ1) is 14.1. The van der Waals surface area contributed by atoms with Crippen molar-refractivity contribution in [3.05, 3.63) is 101 Å². The first kappa shape index (κ1) is 18.7. The molecule has 4 rings (SSSR count). The van der Waals surface area contributed by atoms with E-state index in [1.807, 2.05) is 85.2 Å². The number of fused-ring (bicyclic) bond motifs is 1. The van der Waals surface area contributed by atoms with E-state index in [9.17, 15) is 4.79 Å². The van der Waals surface area contributed by atoms with Crippen molar-refractivity contribution in [3.8, 4) is 5.75 Å². The number of carbonyl (C=O) groups is 1. The number of ether oxygens (including phenoxy) is 1. The maximum atomic E-state index is 12.7. The number of nitrogens with one attached hydrogen (secondary N) is 1. The molecule has 0 bridgehead atoms. The number of hydrogen-bond donors (Lipinski definition) is 1. The number of nitrogens with zero attached hydrogens (tertiary/aromatic N) is 2. The number of aryl methyl sites for hydroxylation is 2. The monoisotopic (exact) mass is 385 g/mol. The highest BCUT2D eigenvalue weighted by atomic mass is 16.5. The van der Waals surface area contributed by atoms with Crippen molar-refractivity contribution < 1.29 is 9.53 Å². The molecule has 29 heavy (non-hydrogen) atoms. The number of hydrogen-bond acceptors (Lipinski definition) is 3. The summed E-state index contributed by atoms with van der Waals surface area (Å²) < 4.78 is 7.93. The summed E-state index contributed by atoms with van der Waals surface area (Å²) in [5.41, 5.74) is 5.60. The lowest BCUT2D eigenvalue weighted by molar-refractivity contribution is 0.0946. The second kappa shape index (κ2) is 8.19. The van der Waals surface area contributed by atoms with Gasteiger partial charge in [-0.25, -0.2) is 4.98 Å². The van der Waals surface area contributed by atoms with Crippen LogP contribution in [0.25, 0.3) is 5.65 Å². The van der Waals surface area contributed by atoms with Crippen LogP contribution in [0.4, 0.5) is 0 Å². The summed E-state index contributed by atoms with van der Waals surface area (Å²) in [5.74, 6) is 0.384. The topological polar surface area (TPSA) is 55.6 Å². The Morgan fingerprint density at radius 1 is 1.03 bits per heavy atom. The van der Waals surface area contributed by atoms with E-state index in [0.29, 0.717) is 24.5 Å². The van der Waals surface area contributed by atoms with Gasteiger partial charge in [0, 0.05) is 18.9 Å². The number of imidazole rings is 1. The molecule has 146 valence electrons. The maximum Gasteiger partial charge on any atom is 0.255 e. The first-order valence-corrected chi connectivity index (χ1v) is 9.59. The predicted octanol–water partition coefficient (Wildman–Crippen LogP) is 4.46. The van der Waals surface area contributed by atoms with E-state index >= 15 is 0 Å². The molecular weight excluding hydrogens is 362 g/mol. The molecule has 2 aromatic heterocycles. The Hall–Kier alpha value is -3.60. The van der Waals surface area contributed by atoms with Gasteiger partial charge in [0.05, 0.1) is 11.3 Å². The number of carbonyl (C=O) groups excluding carboxylic acids is 1. The Morgan fingerprint density at radius 3 is 2.62 bits per heavy atom. The van der Waals surface area contributed by atoms with Crippen LogP contribution in [0.1, 0.15) is 32.7 Å². The molecular formula is C24H23N3O2. The van der Waals surface area contributed by atoms with Crippen molar-refractivity contribution in [2.45, 2.75) is 27.0 Å². The highest BCUT2D eigenvalue weighted by Crippen LogP contribution is 2.20. The summed E-state index contributed by atoms with van der Waals surface area (Å²) in [6.07, 6.45) is 3.91. The fourth-order valence-corrected chi connectivity index (χ4v) is 3.19. The molecule has 0 aliphatic carbocycles. The second-order valence-electron chi connectivity index (χ2n) is 7.11. The first-order valence-electron chi connectivity index (χ1n) is 9.59. The molecule has 0 aliphatic heterocycles. The lowest BCUT2D eigenvalue weighted by Gasteiger charge is -2.11. The van der Waals surface area contributed by atoms with Gasteiger partial charge in [-0.05, 0) is 43.2 Å². The molecule has 1 N–H and O–H groups in total. The number of rotatable bonds is 6. The van der Waals surface area contributed by atoms with Crippen LogP contribution in [-0.2, 0) is 13.2 Å². The van der Waals surface area contributed by atoms with E-state index in [-0.39, 0.29) is 5.91 Å². The molecule has 0 fully saturated rings. The van der Waals surface area contributed by atoms with Crippen LogP contribution >= 0.6 is 0 Å². The van der Waals surface area contributed by atoms with Crippen molar-refractivity contribution in [3.63, 3.8) is 0 Å². The van der Waals surface area contributed by atoms with Gasteiger partial charge in [0.25, 0.3) is 5.91 Å². The average Bonchev–Trinajstić information content (AvgIpc) is 3.16. The molecule has 0 aliphatic rings. The minimum Gasteiger partial charge on any atom is -0.486 e. The molecule has 2 heterocycles. The molecule has 0 radical (unpaired) electrons. The third-order valence-electron chi connectivity index (χ3n) is 4.81. The molecule has 5 nitrogen and oxygen atoms in total. The molecule has 0 saturated heterocycles. The molecule has 0 unspecified atom stereocenters. The standard InChI is InChI=1S/C24H23N3O2/c1-17-9-11-19(12-10-17)14-25-24(28)21-7-3-4-8-22(21)29-16-20-15-27-13-5-6-18(2)23(27)26-20/h3-13,15H,14,16H2,1-2H3,(H,25,28). The second-order valence-corrected chi connectivity index (χ2v) is 7.11. The quantitative estimate of drug-likeness (QED) is 0.533. The van der Waals surface area contributed by atoms with Gasteiger partial charge in [0.1, 0.15) is 18.0 Å². The van der Waals surface area contributed by atoms with E-state index in [2.05, 4.69) is 10.3 Å². The number of para-hydroxylation sites is 1. The zero-order chi connectivity index (χ0) is 20.2. The number of aromatic nitrogens is 2. The zero-order valence-corrected chi connectivity index (χ0v) is 16.6. The fourth-order valence-electron chi connectivity index (χ4n) is 3.19. The van der Waals surface area contributed by atoms with Crippen LogP contribution in [0.15, 0.2) is 73.1 Å². The molecule has 1 amide bonds. The molecule has 0 spiro atoms. The molecule has 2 aromatic carbocycles. The average molecular weight is 385 g/mol. The Morgan fingerprint density at radius 2 is 1.83 bits per heavy atom. The van der Waals surface area contributed by atoms with Crippen LogP contribution in [-0.4, -0.2) is 15.3 Å². The van der Waals surface area contributed by atoms with Crippen LogP contribution in [0, 0.1) is 13.8 Å². The van der Waals surface area contributed by atoms with Crippen LogP contribution in [0.3, 0.4) is 0 Å². The fraction of sp³-hybridized carbons (Fsp3) is 0.167. The van der Waals surface area contributed by atoms with Crippen molar-refractivity contribution in [2.75, 3.05) is 0 Å². The van der Waals surface area contributed by atoms with Gasteiger partial charge in [-0.1, -0.05) is 48.0 Å². The Kier molecular flexibility index (Phi) is 5.29. The van der Waals surface area contributed by atoms with E-state index < -0.39 is 0 Å². The summed E-state index contributed by atoms with van der Waals surface area (Å²) in [6.45, 7) is 4.84. The Balaban J connectivity index is 1.45. The van der Waals surface area contributed by atoms with Crippen molar-refractivity contribution in [1.29, 1.82) is 0 Å².